The normalized spacial score (nSPS) is 12.1. The summed E-state index contributed by atoms with van der Waals surface area (Å²) in [4.78, 5) is 88.8. The Morgan fingerprint density at radius 3 is 1.18 bits per heavy atom. The minimum absolute atomic E-state index is 0.106. The lowest BCUT2D eigenvalue weighted by Crippen LogP contribution is -2.44. The van der Waals surface area contributed by atoms with Crippen LogP contribution in [0.5, 0.6) is 11.5 Å². The minimum Gasteiger partial charge on any atom is -0.480 e. The van der Waals surface area contributed by atoms with Crippen molar-refractivity contribution in [3.8, 4) is 11.5 Å². The van der Waals surface area contributed by atoms with Crippen LogP contribution in [0, 0.1) is 13.8 Å². The third-order valence-electron chi connectivity index (χ3n) is 6.07. The molecule has 4 unspecified atom stereocenters. The van der Waals surface area contributed by atoms with Crippen LogP contribution >= 0.6 is 46.8 Å². The van der Waals surface area contributed by atoms with Crippen molar-refractivity contribution in [3.05, 3.63) is 59.7 Å². The molecule has 0 aliphatic heterocycles. The summed E-state index contributed by atoms with van der Waals surface area (Å²) in [6.07, 6.45) is 0. The second-order valence-electron chi connectivity index (χ2n) is 11.1. The SMILES string of the molecule is CC(=O)NC(CS)C(=O)O.CC(=O)NC(CS)C(=O)Oc1ccc(C)cc1.CC(=O)NC(CSSCC(NC(C)=O)C(=O)Oc1ccc(C)cc1)C(=O)O.[2H]CC. The molecule has 0 saturated heterocycles. The van der Waals surface area contributed by atoms with E-state index < -0.39 is 54.0 Å². The monoisotopic (exact) mass is 861 g/mol. The molecular weight excluding hydrogens is 809 g/mol. The number of carboxylic acids is 2. The summed E-state index contributed by atoms with van der Waals surface area (Å²) in [7, 11) is 2.38. The van der Waals surface area contributed by atoms with Gasteiger partial charge in [-0.2, -0.15) is 25.3 Å². The molecular formula is C36H52N4O12S4. The van der Waals surface area contributed by atoms with Crippen LogP contribution in [0.2, 0.25) is 0 Å². The number of rotatable bonds is 17. The van der Waals surface area contributed by atoms with Crippen LogP contribution in [0.25, 0.3) is 0 Å². The van der Waals surface area contributed by atoms with Gasteiger partial charge in [0, 0.05) is 52.1 Å². The van der Waals surface area contributed by atoms with E-state index in [9.17, 15) is 38.4 Å². The Hall–Kier alpha value is -4.40. The molecule has 20 heteroatoms. The van der Waals surface area contributed by atoms with E-state index in [2.05, 4.69) is 46.5 Å². The zero-order valence-corrected chi connectivity index (χ0v) is 35.6. The number of nitrogens with one attached hydrogen (secondary N) is 4. The number of thiol groups is 2. The van der Waals surface area contributed by atoms with E-state index in [0.29, 0.717) is 18.4 Å². The average molecular weight is 862 g/mol. The number of carboxylic acid groups (broad SMARTS) is 2. The Morgan fingerprint density at radius 2 is 0.875 bits per heavy atom. The number of aryl methyl sites for hydroxylation is 2. The first kappa shape index (κ1) is 51.6. The van der Waals surface area contributed by atoms with Crippen LogP contribution in [0.1, 0.15) is 54.0 Å². The summed E-state index contributed by atoms with van der Waals surface area (Å²) in [5, 5.41) is 26.9. The van der Waals surface area contributed by atoms with Crippen molar-refractivity contribution in [2.75, 3.05) is 23.0 Å². The number of carbonyl (C=O) groups excluding carboxylic acids is 6. The molecule has 16 nitrogen and oxygen atoms in total. The summed E-state index contributed by atoms with van der Waals surface area (Å²) >= 11 is 7.73. The molecule has 6 N–H and O–H groups in total. The molecule has 0 aliphatic rings. The van der Waals surface area contributed by atoms with Gasteiger partial charge in [-0.15, -0.1) is 0 Å². The van der Waals surface area contributed by atoms with Crippen LogP contribution in [0.4, 0.5) is 0 Å². The van der Waals surface area contributed by atoms with E-state index in [4.69, 9.17) is 21.1 Å². The standard InChI is InChI=1S/C17H22N2O6S2.C12H15NO3S.C5H9NO3S.C2H6/c1-10-4-6-13(7-5-10)25-17(24)15(19-12(3)21)9-27-26-8-14(16(22)23)18-11(2)20;1-8-3-5-10(6-4-8)16-12(15)11(7-17)13-9(2)14;1-3(7)6-4(2-10)5(8)9;1-2/h4-7,14-15H,8-9H2,1-3H3,(H,18,20)(H,19,21)(H,22,23);3-6,11,17H,7H2,1-2H3,(H,13,14);4,10H,2H2,1H3,(H,6,7)(H,8,9);1-2H3/i;;;1D. The predicted molar refractivity (Wildman–Crippen MR) is 223 cm³/mol. The zero-order chi connectivity index (χ0) is 44.1. The van der Waals surface area contributed by atoms with Gasteiger partial charge in [-0.1, -0.05) is 70.8 Å². The second kappa shape index (κ2) is 30.8. The van der Waals surface area contributed by atoms with Crippen molar-refractivity contribution in [3.63, 3.8) is 0 Å². The van der Waals surface area contributed by atoms with Gasteiger partial charge in [-0.25, -0.2) is 19.2 Å². The second-order valence-corrected chi connectivity index (χ2v) is 14.4. The maximum Gasteiger partial charge on any atom is 0.334 e. The van der Waals surface area contributed by atoms with Crippen molar-refractivity contribution in [1.29, 1.82) is 0 Å². The molecule has 0 fully saturated rings. The number of hydrogen-bond donors (Lipinski definition) is 8. The number of aliphatic carboxylic acids is 2. The zero-order valence-electron chi connectivity index (χ0n) is 33.2. The van der Waals surface area contributed by atoms with Gasteiger partial charge in [0.15, 0.2) is 0 Å². The molecule has 0 saturated carbocycles. The average Bonchev–Trinajstić information content (AvgIpc) is 3.12. The first-order valence-corrected chi connectivity index (χ1v) is 20.3. The third kappa shape index (κ3) is 26.4. The van der Waals surface area contributed by atoms with Crippen molar-refractivity contribution in [1.82, 2.24) is 21.3 Å². The number of benzene rings is 2. The van der Waals surface area contributed by atoms with Gasteiger partial charge >= 0.3 is 23.9 Å². The molecule has 56 heavy (non-hydrogen) atoms. The first-order valence-electron chi connectivity index (χ1n) is 17.3. The van der Waals surface area contributed by atoms with Crippen molar-refractivity contribution in [2.24, 2.45) is 0 Å². The molecule has 0 aromatic heterocycles. The highest BCUT2D eigenvalue weighted by Crippen LogP contribution is 2.24. The third-order valence-corrected chi connectivity index (χ3v) is 9.22. The summed E-state index contributed by atoms with van der Waals surface area (Å²) < 4.78 is 16.6. The Morgan fingerprint density at radius 1 is 0.589 bits per heavy atom. The molecule has 4 atom stereocenters. The van der Waals surface area contributed by atoms with Crippen LogP contribution in [0.3, 0.4) is 0 Å². The molecule has 0 heterocycles. The van der Waals surface area contributed by atoms with Gasteiger partial charge in [0.1, 0.15) is 35.7 Å². The summed E-state index contributed by atoms with van der Waals surface area (Å²) in [6.45, 7) is 11.3. The molecule has 0 radical (unpaired) electrons. The molecule has 0 aliphatic carbocycles. The Kier molecular flexibility index (Phi) is 28.4. The van der Waals surface area contributed by atoms with Gasteiger partial charge in [0.25, 0.3) is 0 Å². The molecule has 4 amide bonds. The van der Waals surface area contributed by atoms with Crippen LogP contribution < -0.4 is 30.7 Å². The largest absolute Gasteiger partial charge is 0.480 e. The highest BCUT2D eigenvalue weighted by molar-refractivity contribution is 8.76. The molecule has 2 rings (SSSR count). The molecule has 312 valence electrons. The lowest BCUT2D eigenvalue weighted by atomic mass is 10.2. The van der Waals surface area contributed by atoms with E-state index in [0.717, 1.165) is 11.1 Å². The van der Waals surface area contributed by atoms with Gasteiger partial charge in [-0.05, 0) is 38.1 Å². The Balaban J connectivity index is 0. The Bertz CT molecular complexity index is 1590. The van der Waals surface area contributed by atoms with Gasteiger partial charge in [-0.3, -0.25) is 19.2 Å². The van der Waals surface area contributed by atoms with Crippen LogP contribution in [0.15, 0.2) is 48.5 Å². The lowest BCUT2D eigenvalue weighted by Gasteiger charge is -2.17. The molecule has 0 spiro atoms. The lowest BCUT2D eigenvalue weighted by molar-refractivity contribution is -0.141. The van der Waals surface area contributed by atoms with Crippen LogP contribution in [-0.2, 0) is 38.4 Å². The fraction of sp³-hybridized carbons (Fsp3) is 0.444. The highest BCUT2D eigenvalue weighted by atomic mass is 33.1. The van der Waals surface area contributed by atoms with E-state index in [-0.39, 0.29) is 40.7 Å². The molecule has 2 aromatic carbocycles. The number of hydrogen-bond acceptors (Lipinski definition) is 14. The Labute approximate surface area is 347 Å². The maximum atomic E-state index is 12.3. The number of carbonyl (C=O) groups is 8. The predicted octanol–water partition coefficient (Wildman–Crippen LogP) is 3.24. The van der Waals surface area contributed by atoms with Gasteiger partial charge in [0.2, 0.25) is 23.6 Å². The minimum atomic E-state index is -1.14. The summed E-state index contributed by atoms with van der Waals surface area (Å²) in [5.41, 5.74) is 2.10. The highest BCUT2D eigenvalue weighted by Gasteiger charge is 2.24. The van der Waals surface area contributed by atoms with E-state index in [1.807, 2.05) is 26.0 Å². The number of esters is 2. The van der Waals surface area contributed by atoms with E-state index in [1.54, 1.807) is 43.3 Å². The van der Waals surface area contributed by atoms with Gasteiger partial charge in [0.05, 0.1) is 0 Å². The quantitative estimate of drug-likeness (QED) is 0.0375. The van der Waals surface area contributed by atoms with Crippen molar-refractivity contribution < 1.29 is 59.4 Å². The maximum absolute atomic E-state index is 12.3. The van der Waals surface area contributed by atoms with Crippen molar-refractivity contribution >= 4 is 94.4 Å². The summed E-state index contributed by atoms with van der Waals surface area (Å²) in [5.74, 6) is -3.38. The van der Waals surface area contributed by atoms with Crippen molar-refractivity contribution in [2.45, 2.75) is 79.5 Å². The molecule has 2 aromatic rings. The van der Waals surface area contributed by atoms with Gasteiger partial charge < -0.3 is 41.0 Å². The summed E-state index contributed by atoms with van der Waals surface area (Å²) in [6, 6.07) is 10.5. The van der Waals surface area contributed by atoms with Crippen LogP contribution in [-0.4, -0.2) is 105 Å². The smallest absolute Gasteiger partial charge is 0.334 e. The van der Waals surface area contributed by atoms with E-state index in [1.165, 1.54) is 49.3 Å². The topological polar surface area (TPSA) is 244 Å². The number of ether oxygens (including phenoxy) is 2. The van der Waals surface area contributed by atoms with E-state index >= 15 is 0 Å². The fourth-order valence-corrected chi connectivity index (χ4v) is 6.30. The fourth-order valence-electron chi connectivity index (χ4n) is 3.51. The number of amides is 4. The first-order chi connectivity index (χ1) is 26.7. The molecule has 0 bridgehead atoms.